The minimum atomic E-state index is -4.68. The highest BCUT2D eigenvalue weighted by Crippen LogP contribution is 2.32. The molecule has 1 aliphatic heterocycles. The van der Waals surface area contributed by atoms with Crippen LogP contribution in [0, 0.1) is 5.82 Å². The smallest absolute Gasteiger partial charge is 0.419 e. The summed E-state index contributed by atoms with van der Waals surface area (Å²) in [5.74, 6) is 0.189. The third-order valence-corrected chi connectivity index (χ3v) is 4.09. The van der Waals surface area contributed by atoms with Gasteiger partial charge in [-0.15, -0.1) is 12.4 Å². The van der Waals surface area contributed by atoms with Crippen molar-refractivity contribution in [2.24, 2.45) is 0 Å². The van der Waals surface area contributed by atoms with Gasteiger partial charge < -0.3 is 9.47 Å². The summed E-state index contributed by atoms with van der Waals surface area (Å²) < 4.78 is 62.3. The topological polar surface area (TPSA) is 21.7 Å². The molecule has 0 radical (unpaired) electrons. The summed E-state index contributed by atoms with van der Waals surface area (Å²) in [5.41, 5.74) is 0.180. The van der Waals surface area contributed by atoms with Gasteiger partial charge in [-0.1, -0.05) is 24.3 Å². The van der Waals surface area contributed by atoms with Crippen LogP contribution in [-0.2, 0) is 12.7 Å². The van der Waals surface area contributed by atoms with Crippen molar-refractivity contribution in [3.8, 4) is 11.5 Å². The number of benzene rings is 2. The molecule has 0 saturated heterocycles. The minimum Gasteiger partial charge on any atom is -0.486 e. The molecule has 0 spiro atoms. The summed E-state index contributed by atoms with van der Waals surface area (Å²) in [6.45, 7) is 2.28. The number of nitrogens with zero attached hydrogens (tertiary/aromatic N) is 1. The second-order valence-electron chi connectivity index (χ2n) is 6.31. The van der Waals surface area contributed by atoms with Crippen molar-refractivity contribution >= 4 is 18.5 Å². The summed E-state index contributed by atoms with van der Waals surface area (Å²) in [7, 11) is 1.91. The van der Waals surface area contributed by atoms with E-state index in [-0.39, 0.29) is 12.4 Å². The molecule has 2 aromatic rings. The molecular weight excluding hydrogens is 398 g/mol. The van der Waals surface area contributed by atoms with E-state index in [4.69, 9.17) is 9.47 Å². The first-order valence-electron chi connectivity index (χ1n) is 8.43. The molecule has 1 aliphatic rings. The zero-order chi connectivity index (χ0) is 19.4. The maximum Gasteiger partial charge on any atom is 0.419 e. The molecule has 0 unspecified atom stereocenters. The van der Waals surface area contributed by atoms with Gasteiger partial charge in [-0.2, -0.15) is 13.2 Å². The Morgan fingerprint density at radius 3 is 2.43 bits per heavy atom. The van der Waals surface area contributed by atoms with Crippen molar-refractivity contribution in [1.82, 2.24) is 4.90 Å². The van der Waals surface area contributed by atoms with Crippen LogP contribution in [0.4, 0.5) is 17.6 Å². The van der Waals surface area contributed by atoms with E-state index in [1.54, 1.807) is 12.2 Å². The maximum absolute atomic E-state index is 13.6. The first-order valence-corrected chi connectivity index (χ1v) is 8.43. The number of rotatable bonds is 5. The molecule has 0 aliphatic carbocycles. The van der Waals surface area contributed by atoms with E-state index in [2.05, 4.69) is 0 Å². The number of hydrogen-bond acceptors (Lipinski definition) is 3. The van der Waals surface area contributed by atoms with Crippen molar-refractivity contribution < 1.29 is 27.0 Å². The normalized spacial score (nSPS) is 13.6. The predicted octanol–water partition coefficient (Wildman–Crippen LogP) is 5.18. The van der Waals surface area contributed by atoms with E-state index < -0.39 is 17.6 Å². The largest absolute Gasteiger partial charge is 0.486 e. The van der Waals surface area contributed by atoms with Crippen molar-refractivity contribution in [1.29, 1.82) is 0 Å². The zero-order valence-corrected chi connectivity index (χ0v) is 15.9. The maximum atomic E-state index is 13.6. The van der Waals surface area contributed by atoms with Gasteiger partial charge in [-0.25, -0.2) is 4.39 Å². The SMILES string of the molecule is CN(C/C=C/c1ccc(C(F)(F)F)c(F)c1)Cc1ccc2c(c1)OCCO2.Cl. The summed E-state index contributed by atoms with van der Waals surface area (Å²) in [4.78, 5) is 2.02. The van der Waals surface area contributed by atoms with Crippen LogP contribution in [0.3, 0.4) is 0 Å². The van der Waals surface area contributed by atoms with Crippen LogP contribution in [-0.4, -0.2) is 31.7 Å². The molecule has 0 fully saturated rings. The Balaban J connectivity index is 0.00000280. The van der Waals surface area contributed by atoms with Gasteiger partial charge in [0.15, 0.2) is 11.5 Å². The van der Waals surface area contributed by atoms with Crippen molar-refractivity contribution in [2.45, 2.75) is 12.7 Å². The van der Waals surface area contributed by atoms with E-state index in [0.717, 1.165) is 29.2 Å². The molecule has 28 heavy (non-hydrogen) atoms. The lowest BCUT2D eigenvalue weighted by atomic mass is 10.1. The lowest BCUT2D eigenvalue weighted by Crippen LogP contribution is -2.19. The highest BCUT2D eigenvalue weighted by molar-refractivity contribution is 5.85. The van der Waals surface area contributed by atoms with Crippen LogP contribution in [0.15, 0.2) is 42.5 Å². The molecule has 152 valence electrons. The van der Waals surface area contributed by atoms with Crippen LogP contribution in [0.1, 0.15) is 16.7 Å². The number of likely N-dealkylation sites (N-methyl/N-ethyl adjacent to an activating group) is 1. The summed E-state index contributed by atoms with van der Waals surface area (Å²) in [6, 6.07) is 8.66. The van der Waals surface area contributed by atoms with Gasteiger partial charge in [0.2, 0.25) is 0 Å². The monoisotopic (exact) mass is 417 g/mol. The first-order chi connectivity index (χ1) is 12.8. The molecule has 0 saturated carbocycles. The fourth-order valence-electron chi connectivity index (χ4n) is 2.80. The molecule has 3 nitrogen and oxygen atoms in total. The predicted molar refractivity (Wildman–Crippen MR) is 101 cm³/mol. The highest BCUT2D eigenvalue weighted by Gasteiger charge is 2.33. The summed E-state index contributed by atoms with van der Waals surface area (Å²) in [5, 5.41) is 0. The molecule has 1 heterocycles. The quantitative estimate of drug-likeness (QED) is 0.625. The molecular formula is C20H20ClF4NO2. The average molecular weight is 418 g/mol. The van der Waals surface area contributed by atoms with Gasteiger partial charge in [0.05, 0.1) is 5.56 Å². The van der Waals surface area contributed by atoms with Crippen LogP contribution in [0.5, 0.6) is 11.5 Å². The van der Waals surface area contributed by atoms with Crippen molar-refractivity contribution in [3.05, 3.63) is 65.0 Å². The number of hydrogen-bond donors (Lipinski definition) is 0. The van der Waals surface area contributed by atoms with E-state index in [9.17, 15) is 17.6 Å². The van der Waals surface area contributed by atoms with Crippen LogP contribution >= 0.6 is 12.4 Å². The Morgan fingerprint density at radius 1 is 1.04 bits per heavy atom. The second kappa shape index (κ2) is 9.30. The third kappa shape index (κ3) is 5.62. The Kier molecular flexibility index (Phi) is 7.32. The number of fused-ring (bicyclic) bond motifs is 1. The Labute approximate surface area is 167 Å². The Hall–Kier alpha value is -2.25. The summed E-state index contributed by atoms with van der Waals surface area (Å²) in [6.07, 6.45) is -1.31. The van der Waals surface area contributed by atoms with Gasteiger partial charge in [0, 0.05) is 13.1 Å². The van der Waals surface area contributed by atoms with Crippen molar-refractivity contribution in [3.63, 3.8) is 0 Å². The van der Waals surface area contributed by atoms with Crippen LogP contribution < -0.4 is 9.47 Å². The van der Waals surface area contributed by atoms with E-state index in [1.165, 1.54) is 6.07 Å². The molecule has 0 bridgehead atoms. The average Bonchev–Trinajstić information content (AvgIpc) is 2.60. The molecule has 0 amide bonds. The zero-order valence-electron chi connectivity index (χ0n) is 15.1. The molecule has 0 atom stereocenters. The molecule has 8 heteroatoms. The van der Waals surface area contributed by atoms with Crippen LogP contribution in [0.2, 0.25) is 0 Å². The molecule has 0 aromatic heterocycles. The van der Waals surface area contributed by atoms with E-state index >= 15 is 0 Å². The van der Waals surface area contributed by atoms with Gasteiger partial charge in [-0.3, -0.25) is 4.90 Å². The summed E-state index contributed by atoms with van der Waals surface area (Å²) >= 11 is 0. The van der Waals surface area contributed by atoms with E-state index in [0.29, 0.717) is 31.9 Å². The lowest BCUT2D eigenvalue weighted by molar-refractivity contribution is -0.140. The fraction of sp³-hybridized carbons (Fsp3) is 0.300. The van der Waals surface area contributed by atoms with Gasteiger partial charge in [0.25, 0.3) is 0 Å². The Bertz CT molecular complexity index is 839. The number of alkyl halides is 3. The molecule has 2 aromatic carbocycles. The van der Waals surface area contributed by atoms with Gasteiger partial charge >= 0.3 is 6.18 Å². The molecule has 0 N–H and O–H groups in total. The second-order valence-corrected chi connectivity index (χ2v) is 6.31. The highest BCUT2D eigenvalue weighted by atomic mass is 35.5. The number of halogens is 5. The fourth-order valence-corrected chi connectivity index (χ4v) is 2.80. The van der Waals surface area contributed by atoms with Crippen LogP contribution in [0.25, 0.3) is 6.08 Å². The Morgan fingerprint density at radius 2 is 1.75 bits per heavy atom. The van der Waals surface area contributed by atoms with Gasteiger partial charge in [0.1, 0.15) is 19.0 Å². The van der Waals surface area contributed by atoms with Gasteiger partial charge in [-0.05, 0) is 42.4 Å². The third-order valence-electron chi connectivity index (χ3n) is 4.09. The lowest BCUT2D eigenvalue weighted by Gasteiger charge is -2.20. The minimum absolute atomic E-state index is 0. The molecule has 3 rings (SSSR count). The number of ether oxygens (including phenoxy) is 2. The van der Waals surface area contributed by atoms with Crippen molar-refractivity contribution in [2.75, 3.05) is 26.8 Å². The first kappa shape index (κ1) is 22.0. The standard InChI is InChI=1S/C20H19F4NO2.ClH/c1-25(13-15-5-7-18-19(12-15)27-10-9-26-18)8-2-3-14-4-6-16(17(21)11-14)20(22,23)24;/h2-7,11-12H,8-10,13H2,1H3;1H/b3-2+;. The van der Waals surface area contributed by atoms with E-state index in [1.807, 2.05) is 30.1 Å².